The van der Waals surface area contributed by atoms with Gasteiger partial charge >= 0.3 is 0 Å². The minimum atomic E-state index is 0.184. The zero-order valence-corrected chi connectivity index (χ0v) is 15.2. The SMILES string of the molecule is CCNc1nnc(SCC(=O)N([C@H](C)CC)[C@@H](C)CC)s1. The van der Waals surface area contributed by atoms with Crippen molar-refractivity contribution in [2.75, 3.05) is 17.6 Å². The highest BCUT2D eigenvalue weighted by Gasteiger charge is 2.23. The van der Waals surface area contributed by atoms with Gasteiger partial charge in [-0.15, -0.1) is 10.2 Å². The van der Waals surface area contributed by atoms with E-state index in [4.69, 9.17) is 0 Å². The number of hydrogen-bond acceptors (Lipinski definition) is 6. The molecule has 0 fully saturated rings. The maximum absolute atomic E-state index is 12.5. The van der Waals surface area contributed by atoms with Crippen LogP contribution >= 0.6 is 23.1 Å². The lowest BCUT2D eigenvalue weighted by Gasteiger charge is -2.33. The lowest BCUT2D eigenvalue weighted by atomic mass is 10.1. The third-order valence-corrected chi connectivity index (χ3v) is 5.47. The van der Waals surface area contributed by atoms with Gasteiger partial charge in [0.05, 0.1) is 5.75 Å². The van der Waals surface area contributed by atoms with Crippen molar-refractivity contribution >= 4 is 34.1 Å². The van der Waals surface area contributed by atoms with Gasteiger partial charge in [-0.25, -0.2) is 0 Å². The molecule has 0 radical (unpaired) electrons. The Bertz CT molecular complexity index is 428. The summed E-state index contributed by atoms with van der Waals surface area (Å²) in [5.74, 6) is 0.610. The van der Waals surface area contributed by atoms with Crippen LogP contribution < -0.4 is 5.32 Å². The summed E-state index contributed by atoms with van der Waals surface area (Å²) in [4.78, 5) is 14.5. The van der Waals surface area contributed by atoms with Crippen LogP contribution in [-0.4, -0.2) is 45.4 Å². The lowest BCUT2D eigenvalue weighted by molar-refractivity contribution is -0.132. The number of nitrogens with one attached hydrogen (secondary N) is 1. The lowest BCUT2D eigenvalue weighted by Crippen LogP contribution is -2.45. The molecule has 21 heavy (non-hydrogen) atoms. The Morgan fingerprint density at radius 1 is 1.24 bits per heavy atom. The Hall–Kier alpha value is -0.820. The van der Waals surface area contributed by atoms with Gasteiger partial charge < -0.3 is 10.2 Å². The molecule has 0 spiro atoms. The Morgan fingerprint density at radius 2 is 1.86 bits per heavy atom. The van der Waals surface area contributed by atoms with E-state index in [-0.39, 0.29) is 18.0 Å². The summed E-state index contributed by atoms with van der Waals surface area (Å²) in [5.41, 5.74) is 0. The normalized spacial score (nSPS) is 13.8. The van der Waals surface area contributed by atoms with Crippen molar-refractivity contribution in [1.82, 2.24) is 15.1 Å². The zero-order chi connectivity index (χ0) is 15.8. The number of carbonyl (C=O) groups is 1. The fraction of sp³-hybridized carbons (Fsp3) is 0.786. The largest absolute Gasteiger partial charge is 0.360 e. The van der Waals surface area contributed by atoms with E-state index in [1.807, 2.05) is 11.8 Å². The minimum absolute atomic E-state index is 0.184. The van der Waals surface area contributed by atoms with Crippen LogP contribution in [-0.2, 0) is 4.79 Å². The molecule has 1 N–H and O–H groups in total. The predicted octanol–water partition coefficient (Wildman–Crippen LogP) is 3.49. The maximum atomic E-state index is 12.5. The molecule has 1 amide bonds. The molecular weight excluding hydrogens is 304 g/mol. The van der Waals surface area contributed by atoms with Gasteiger partial charge in [0.1, 0.15) is 0 Å². The van der Waals surface area contributed by atoms with Crippen LogP contribution in [0.15, 0.2) is 4.34 Å². The summed E-state index contributed by atoms with van der Waals surface area (Å²) >= 11 is 2.97. The van der Waals surface area contributed by atoms with Crippen LogP contribution in [0, 0.1) is 0 Å². The second kappa shape index (κ2) is 9.25. The van der Waals surface area contributed by atoms with Gasteiger partial charge in [-0.1, -0.05) is 36.9 Å². The van der Waals surface area contributed by atoms with Crippen molar-refractivity contribution < 1.29 is 4.79 Å². The van der Waals surface area contributed by atoms with E-state index in [1.54, 1.807) is 0 Å². The van der Waals surface area contributed by atoms with E-state index in [0.29, 0.717) is 5.75 Å². The van der Waals surface area contributed by atoms with Crippen molar-refractivity contribution in [3.05, 3.63) is 0 Å². The third kappa shape index (κ3) is 5.47. The van der Waals surface area contributed by atoms with Crippen molar-refractivity contribution in [2.45, 2.75) is 63.9 Å². The quantitative estimate of drug-likeness (QED) is 0.702. The number of nitrogens with zero attached hydrogens (tertiary/aromatic N) is 3. The highest BCUT2D eigenvalue weighted by Crippen LogP contribution is 2.26. The molecule has 0 aliphatic rings. The molecule has 0 bridgehead atoms. The number of amides is 1. The highest BCUT2D eigenvalue weighted by molar-refractivity contribution is 8.01. The molecule has 5 nitrogen and oxygen atoms in total. The first-order chi connectivity index (χ1) is 10.0. The number of hydrogen-bond donors (Lipinski definition) is 1. The van der Waals surface area contributed by atoms with E-state index >= 15 is 0 Å². The van der Waals surface area contributed by atoms with E-state index in [0.717, 1.165) is 28.9 Å². The predicted molar refractivity (Wildman–Crippen MR) is 91.1 cm³/mol. The second-order valence-electron chi connectivity index (χ2n) is 5.01. The van der Waals surface area contributed by atoms with Gasteiger partial charge in [0.25, 0.3) is 0 Å². The monoisotopic (exact) mass is 330 g/mol. The number of carbonyl (C=O) groups excluding carboxylic acids is 1. The number of thioether (sulfide) groups is 1. The van der Waals surface area contributed by atoms with Crippen LogP contribution in [0.4, 0.5) is 5.13 Å². The van der Waals surface area contributed by atoms with E-state index in [9.17, 15) is 4.79 Å². The Morgan fingerprint density at radius 3 is 2.38 bits per heavy atom. The molecule has 2 atom stereocenters. The topological polar surface area (TPSA) is 58.1 Å². The van der Waals surface area contributed by atoms with Gasteiger partial charge in [0.15, 0.2) is 4.34 Å². The average Bonchev–Trinajstić information content (AvgIpc) is 2.93. The standard InChI is InChI=1S/C14H26N4OS2/c1-6-10(4)18(11(5)7-2)12(19)9-20-14-17-16-13(21-14)15-8-3/h10-11H,6-9H2,1-5H3,(H,15,16)/t10-,11+. The van der Waals surface area contributed by atoms with Crippen LogP contribution in [0.3, 0.4) is 0 Å². The Balaban J connectivity index is 2.60. The fourth-order valence-corrected chi connectivity index (χ4v) is 3.70. The molecule has 0 saturated carbocycles. The van der Waals surface area contributed by atoms with Gasteiger partial charge in [-0.05, 0) is 33.6 Å². The third-order valence-electron chi connectivity index (χ3n) is 3.47. The van der Waals surface area contributed by atoms with Gasteiger partial charge in [-0.3, -0.25) is 4.79 Å². The van der Waals surface area contributed by atoms with Crippen molar-refractivity contribution in [3.63, 3.8) is 0 Å². The number of anilines is 1. The van der Waals surface area contributed by atoms with Crippen LogP contribution in [0.5, 0.6) is 0 Å². The van der Waals surface area contributed by atoms with Crippen molar-refractivity contribution in [2.24, 2.45) is 0 Å². The molecule has 120 valence electrons. The molecule has 0 aliphatic carbocycles. The number of rotatable bonds is 9. The Labute approximate surface area is 135 Å². The van der Waals surface area contributed by atoms with Gasteiger partial charge in [0, 0.05) is 18.6 Å². The molecule has 0 aromatic carbocycles. The number of aromatic nitrogens is 2. The second-order valence-corrected chi connectivity index (χ2v) is 7.21. The smallest absolute Gasteiger partial charge is 0.233 e. The molecule has 0 aliphatic heterocycles. The molecule has 1 heterocycles. The summed E-state index contributed by atoms with van der Waals surface area (Å²) < 4.78 is 0.840. The first kappa shape index (κ1) is 18.2. The molecule has 1 rings (SSSR count). The summed E-state index contributed by atoms with van der Waals surface area (Å²) in [7, 11) is 0. The molecule has 0 saturated heterocycles. The maximum Gasteiger partial charge on any atom is 0.233 e. The average molecular weight is 331 g/mol. The van der Waals surface area contributed by atoms with Crippen LogP contribution in [0.1, 0.15) is 47.5 Å². The highest BCUT2D eigenvalue weighted by atomic mass is 32.2. The molecule has 0 unspecified atom stereocenters. The van der Waals surface area contributed by atoms with E-state index in [2.05, 4.69) is 43.2 Å². The molecule has 1 aromatic rings. The van der Waals surface area contributed by atoms with E-state index in [1.165, 1.54) is 23.1 Å². The van der Waals surface area contributed by atoms with Gasteiger partial charge in [0.2, 0.25) is 11.0 Å². The summed E-state index contributed by atoms with van der Waals surface area (Å²) in [6, 6.07) is 0.555. The minimum Gasteiger partial charge on any atom is -0.360 e. The van der Waals surface area contributed by atoms with Crippen LogP contribution in [0.2, 0.25) is 0 Å². The van der Waals surface area contributed by atoms with Crippen molar-refractivity contribution in [3.8, 4) is 0 Å². The van der Waals surface area contributed by atoms with Crippen LogP contribution in [0.25, 0.3) is 0 Å². The molecular formula is C14H26N4OS2. The molecule has 7 heteroatoms. The first-order valence-electron chi connectivity index (χ1n) is 7.54. The van der Waals surface area contributed by atoms with Gasteiger partial charge in [-0.2, -0.15) is 0 Å². The molecule has 1 aromatic heterocycles. The van der Waals surface area contributed by atoms with E-state index < -0.39 is 0 Å². The summed E-state index contributed by atoms with van der Waals surface area (Å²) in [6.07, 6.45) is 1.95. The summed E-state index contributed by atoms with van der Waals surface area (Å²) in [6.45, 7) is 11.3. The fourth-order valence-electron chi connectivity index (χ4n) is 2.01. The Kier molecular flexibility index (Phi) is 8.03. The summed E-state index contributed by atoms with van der Waals surface area (Å²) in [5, 5.41) is 12.1. The first-order valence-corrected chi connectivity index (χ1v) is 9.34. The van der Waals surface area contributed by atoms with Crippen molar-refractivity contribution in [1.29, 1.82) is 0 Å². The zero-order valence-electron chi connectivity index (χ0n) is 13.5.